The molecule has 0 amide bonds. The second-order valence-electron chi connectivity index (χ2n) is 3.46. The number of Topliss-reactive ketones (excluding diaryl/α,β-unsaturated/α-hetero) is 1. The largest absolute Gasteiger partial charge is 0.299 e. The molecule has 0 aliphatic heterocycles. The van der Waals surface area contributed by atoms with E-state index in [2.05, 4.69) is 25.6 Å². The molecule has 0 unspecified atom stereocenters. The Labute approximate surface area is 85.5 Å². The Bertz CT molecular complexity index is 326. The molecule has 0 saturated heterocycles. The highest BCUT2D eigenvalue weighted by molar-refractivity contribution is 5.79. The highest BCUT2D eigenvalue weighted by Crippen LogP contribution is 2.10. The minimum Gasteiger partial charge on any atom is -0.299 e. The van der Waals surface area contributed by atoms with Crippen molar-refractivity contribution in [2.75, 3.05) is 0 Å². The zero-order chi connectivity index (χ0) is 10.4. The Kier molecular flexibility index (Phi) is 4.11. The van der Waals surface area contributed by atoms with Gasteiger partial charge in [0.25, 0.3) is 0 Å². The Morgan fingerprint density at radius 3 is 2.79 bits per heavy atom. The highest BCUT2D eigenvalue weighted by atomic mass is 16.1. The van der Waals surface area contributed by atoms with Crippen LogP contribution in [-0.4, -0.2) is 5.78 Å². The Balaban J connectivity index is 2.49. The van der Waals surface area contributed by atoms with E-state index >= 15 is 0 Å². The number of carbonyl (C=O) groups is 1. The summed E-state index contributed by atoms with van der Waals surface area (Å²) in [5, 5.41) is 0. The minimum atomic E-state index is 0.267. The van der Waals surface area contributed by atoms with Crippen LogP contribution in [0.5, 0.6) is 0 Å². The lowest BCUT2D eigenvalue weighted by Gasteiger charge is -2.03. The van der Waals surface area contributed by atoms with Gasteiger partial charge in [0.15, 0.2) is 0 Å². The number of aryl methyl sites for hydroxylation is 2. The van der Waals surface area contributed by atoms with Crippen LogP contribution < -0.4 is 0 Å². The van der Waals surface area contributed by atoms with Crippen molar-refractivity contribution in [2.45, 2.75) is 26.2 Å². The minimum absolute atomic E-state index is 0.267. The van der Waals surface area contributed by atoms with Crippen molar-refractivity contribution in [2.24, 2.45) is 0 Å². The third kappa shape index (κ3) is 3.17. The molecule has 0 spiro atoms. The van der Waals surface area contributed by atoms with Crippen molar-refractivity contribution in [3.63, 3.8) is 0 Å². The molecule has 1 nitrogen and oxygen atoms in total. The first kappa shape index (κ1) is 10.7. The molecule has 0 aliphatic carbocycles. The van der Waals surface area contributed by atoms with E-state index in [0.717, 1.165) is 6.42 Å². The van der Waals surface area contributed by atoms with Crippen molar-refractivity contribution < 1.29 is 4.79 Å². The summed E-state index contributed by atoms with van der Waals surface area (Å²) < 4.78 is 0. The summed E-state index contributed by atoms with van der Waals surface area (Å²) in [6.07, 6.45) is 3.63. The van der Waals surface area contributed by atoms with Crippen LogP contribution in [0.4, 0.5) is 0 Å². The van der Waals surface area contributed by atoms with Gasteiger partial charge in [-0.1, -0.05) is 30.3 Å². The number of hydrogen-bond acceptors (Lipinski definition) is 1. The monoisotopic (exact) mass is 188 g/mol. The van der Waals surface area contributed by atoms with Gasteiger partial charge in [-0.05, 0) is 24.5 Å². The fourth-order valence-corrected chi connectivity index (χ4v) is 1.43. The molecular formula is C13H16O. The maximum atomic E-state index is 11.3. The fourth-order valence-electron chi connectivity index (χ4n) is 1.43. The molecule has 0 aromatic heterocycles. The molecule has 0 radical (unpaired) electrons. The van der Waals surface area contributed by atoms with Crippen LogP contribution in [0.1, 0.15) is 24.0 Å². The number of benzene rings is 1. The maximum absolute atomic E-state index is 11.3. The molecule has 1 rings (SSSR count). The van der Waals surface area contributed by atoms with Crippen LogP contribution >= 0.6 is 0 Å². The summed E-state index contributed by atoms with van der Waals surface area (Å²) in [6, 6.07) is 8.19. The third-order valence-electron chi connectivity index (χ3n) is 2.31. The first-order chi connectivity index (χ1) is 6.74. The summed E-state index contributed by atoms with van der Waals surface area (Å²) in [4.78, 5) is 11.3. The third-order valence-corrected chi connectivity index (χ3v) is 2.31. The van der Waals surface area contributed by atoms with Gasteiger partial charge in [0.2, 0.25) is 0 Å². The standard InChI is InChI=1S/C13H16O/c1-3-6-13(14)10-9-12-8-5-4-7-11(12)2/h3-5,7-8H,1,6,9-10H2,2H3. The van der Waals surface area contributed by atoms with E-state index in [-0.39, 0.29) is 5.78 Å². The number of ketones is 1. The number of carbonyl (C=O) groups excluding carboxylic acids is 1. The summed E-state index contributed by atoms with van der Waals surface area (Å²) in [7, 11) is 0. The molecule has 0 N–H and O–H groups in total. The molecule has 1 aromatic carbocycles. The van der Waals surface area contributed by atoms with Crippen LogP contribution in [0, 0.1) is 6.92 Å². The van der Waals surface area contributed by atoms with E-state index in [4.69, 9.17) is 0 Å². The average molecular weight is 188 g/mol. The molecule has 0 bridgehead atoms. The molecule has 1 aromatic rings. The van der Waals surface area contributed by atoms with Gasteiger partial charge in [0.05, 0.1) is 0 Å². The van der Waals surface area contributed by atoms with Crippen molar-refractivity contribution >= 4 is 5.78 Å². The van der Waals surface area contributed by atoms with Gasteiger partial charge in [-0.25, -0.2) is 0 Å². The summed E-state index contributed by atoms with van der Waals surface area (Å²) in [5.74, 6) is 0.267. The van der Waals surface area contributed by atoms with Crippen molar-refractivity contribution in [1.29, 1.82) is 0 Å². The van der Waals surface area contributed by atoms with Crippen LogP contribution in [-0.2, 0) is 11.2 Å². The van der Waals surface area contributed by atoms with Gasteiger partial charge in [0.1, 0.15) is 5.78 Å². The summed E-state index contributed by atoms with van der Waals surface area (Å²) >= 11 is 0. The van der Waals surface area contributed by atoms with Gasteiger partial charge >= 0.3 is 0 Å². The Morgan fingerprint density at radius 1 is 1.43 bits per heavy atom. The second-order valence-corrected chi connectivity index (χ2v) is 3.46. The van der Waals surface area contributed by atoms with Crippen molar-refractivity contribution in [1.82, 2.24) is 0 Å². The van der Waals surface area contributed by atoms with E-state index in [1.807, 2.05) is 12.1 Å². The van der Waals surface area contributed by atoms with E-state index < -0.39 is 0 Å². The quantitative estimate of drug-likeness (QED) is 0.649. The van der Waals surface area contributed by atoms with Crippen LogP contribution in [0.15, 0.2) is 36.9 Å². The second kappa shape index (κ2) is 5.38. The molecular weight excluding hydrogens is 172 g/mol. The topological polar surface area (TPSA) is 17.1 Å². The van der Waals surface area contributed by atoms with E-state index in [9.17, 15) is 4.79 Å². The molecule has 74 valence electrons. The van der Waals surface area contributed by atoms with E-state index in [1.165, 1.54) is 11.1 Å². The number of allylic oxidation sites excluding steroid dienone is 1. The fraction of sp³-hybridized carbons (Fsp3) is 0.308. The summed E-state index contributed by atoms with van der Waals surface area (Å²) in [5.41, 5.74) is 2.53. The van der Waals surface area contributed by atoms with Crippen molar-refractivity contribution in [3.8, 4) is 0 Å². The molecule has 0 aliphatic rings. The molecule has 14 heavy (non-hydrogen) atoms. The average Bonchev–Trinajstić information content (AvgIpc) is 2.17. The predicted octanol–water partition coefficient (Wildman–Crippen LogP) is 3.07. The molecule has 0 atom stereocenters. The van der Waals surface area contributed by atoms with Crippen LogP contribution in [0.3, 0.4) is 0 Å². The van der Waals surface area contributed by atoms with Gasteiger partial charge in [0, 0.05) is 12.8 Å². The van der Waals surface area contributed by atoms with E-state index in [0.29, 0.717) is 12.8 Å². The Morgan fingerprint density at radius 2 is 2.14 bits per heavy atom. The van der Waals surface area contributed by atoms with Crippen LogP contribution in [0.2, 0.25) is 0 Å². The maximum Gasteiger partial charge on any atom is 0.136 e. The zero-order valence-corrected chi connectivity index (χ0v) is 8.62. The lowest BCUT2D eigenvalue weighted by atomic mass is 10.0. The normalized spacial score (nSPS) is 9.79. The Hall–Kier alpha value is -1.37. The SMILES string of the molecule is C=CCC(=O)CCc1ccccc1C. The lowest BCUT2D eigenvalue weighted by molar-refractivity contribution is -0.118. The molecule has 0 fully saturated rings. The van der Waals surface area contributed by atoms with Gasteiger partial charge < -0.3 is 0 Å². The summed E-state index contributed by atoms with van der Waals surface area (Å²) in [6.45, 7) is 5.63. The lowest BCUT2D eigenvalue weighted by Crippen LogP contribution is -1.99. The molecule has 0 heterocycles. The van der Waals surface area contributed by atoms with Gasteiger partial charge in [-0.3, -0.25) is 4.79 Å². The zero-order valence-electron chi connectivity index (χ0n) is 8.62. The number of rotatable bonds is 5. The number of hydrogen-bond donors (Lipinski definition) is 0. The predicted molar refractivity (Wildman–Crippen MR) is 59.3 cm³/mol. The van der Waals surface area contributed by atoms with Crippen molar-refractivity contribution in [3.05, 3.63) is 48.0 Å². The molecule has 1 heteroatoms. The smallest absolute Gasteiger partial charge is 0.136 e. The molecule has 0 saturated carbocycles. The van der Waals surface area contributed by atoms with Gasteiger partial charge in [-0.2, -0.15) is 0 Å². The van der Waals surface area contributed by atoms with E-state index in [1.54, 1.807) is 6.08 Å². The van der Waals surface area contributed by atoms with Crippen LogP contribution in [0.25, 0.3) is 0 Å². The first-order valence-corrected chi connectivity index (χ1v) is 4.91. The van der Waals surface area contributed by atoms with Gasteiger partial charge in [-0.15, -0.1) is 6.58 Å². The highest BCUT2D eigenvalue weighted by Gasteiger charge is 2.01. The first-order valence-electron chi connectivity index (χ1n) is 4.91.